The topological polar surface area (TPSA) is 35.5 Å². The minimum atomic E-state index is -0.321. The van der Waals surface area contributed by atoms with Gasteiger partial charge in [0.15, 0.2) is 0 Å². The molecule has 1 fully saturated rings. The average molecular weight is 310 g/mol. The van der Waals surface area contributed by atoms with E-state index in [9.17, 15) is 5.11 Å². The monoisotopic (exact) mass is 310 g/mol. The number of nitrogens with zero attached hydrogens (tertiary/aromatic N) is 1. The Morgan fingerprint density at radius 2 is 1.74 bits per heavy atom. The molecule has 1 heterocycles. The van der Waals surface area contributed by atoms with Crippen LogP contribution in [-0.4, -0.2) is 35.2 Å². The summed E-state index contributed by atoms with van der Waals surface area (Å²) in [5.74, 6) is 0. The molecular weight excluding hydrogens is 284 g/mol. The van der Waals surface area contributed by atoms with Crippen LogP contribution in [0.25, 0.3) is 0 Å². The van der Waals surface area contributed by atoms with E-state index >= 15 is 0 Å². The highest BCUT2D eigenvalue weighted by molar-refractivity contribution is 5.18. The van der Waals surface area contributed by atoms with E-state index in [-0.39, 0.29) is 18.2 Å². The van der Waals surface area contributed by atoms with Crippen LogP contribution in [0, 0.1) is 0 Å². The highest BCUT2D eigenvalue weighted by Gasteiger charge is 2.28. The van der Waals surface area contributed by atoms with Crippen molar-refractivity contribution in [1.29, 1.82) is 0 Å². The van der Waals surface area contributed by atoms with Crippen LogP contribution in [0.4, 0.5) is 0 Å². The first kappa shape index (κ1) is 16.2. The van der Waals surface area contributed by atoms with Crippen molar-refractivity contribution in [1.82, 2.24) is 10.2 Å². The average Bonchev–Trinajstić information content (AvgIpc) is 2.59. The summed E-state index contributed by atoms with van der Waals surface area (Å²) in [4.78, 5) is 2.34. The fourth-order valence-corrected chi connectivity index (χ4v) is 3.34. The van der Waals surface area contributed by atoms with E-state index in [0.29, 0.717) is 0 Å². The highest BCUT2D eigenvalue weighted by atomic mass is 16.3. The molecule has 1 unspecified atom stereocenters. The molecule has 2 N–H and O–H groups in total. The minimum absolute atomic E-state index is 0.164. The number of β-amino-alcohol motifs (C(OH)–C–C–N with tert-alkyl or cyclic N) is 1. The summed E-state index contributed by atoms with van der Waals surface area (Å²) >= 11 is 0. The maximum absolute atomic E-state index is 10.5. The molecule has 0 radical (unpaired) electrons. The highest BCUT2D eigenvalue weighted by Crippen LogP contribution is 2.19. The number of benzene rings is 2. The van der Waals surface area contributed by atoms with Crippen LogP contribution in [0.3, 0.4) is 0 Å². The lowest BCUT2D eigenvalue weighted by molar-refractivity contribution is 0.0336. The Labute approximate surface area is 139 Å². The van der Waals surface area contributed by atoms with Gasteiger partial charge in [0.25, 0.3) is 0 Å². The van der Waals surface area contributed by atoms with Crippen molar-refractivity contribution in [3.8, 4) is 0 Å². The van der Waals surface area contributed by atoms with Crippen molar-refractivity contribution in [3.63, 3.8) is 0 Å². The van der Waals surface area contributed by atoms with Gasteiger partial charge >= 0.3 is 0 Å². The molecule has 0 amide bonds. The van der Waals surface area contributed by atoms with Crippen molar-refractivity contribution in [2.24, 2.45) is 0 Å². The third-order valence-corrected chi connectivity index (χ3v) is 4.68. The summed E-state index contributed by atoms with van der Waals surface area (Å²) in [6, 6.07) is 21.3. The maximum Gasteiger partial charge on any atom is 0.0820 e. The van der Waals surface area contributed by atoms with Crippen LogP contribution in [0.2, 0.25) is 0 Å². The van der Waals surface area contributed by atoms with E-state index in [2.05, 4.69) is 65.7 Å². The predicted octanol–water partition coefficient (Wildman–Crippen LogP) is 2.97. The van der Waals surface area contributed by atoms with Gasteiger partial charge in [-0.15, -0.1) is 0 Å². The Morgan fingerprint density at radius 1 is 1.09 bits per heavy atom. The van der Waals surface area contributed by atoms with Gasteiger partial charge in [0.1, 0.15) is 0 Å². The molecular formula is C20H26N2O. The molecule has 0 spiro atoms. The lowest BCUT2D eigenvalue weighted by Gasteiger charge is -2.37. The summed E-state index contributed by atoms with van der Waals surface area (Å²) < 4.78 is 0. The molecule has 0 aliphatic carbocycles. The van der Waals surface area contributed by atoms with E-state index in [1.165, 1.54) is 11.1 Å². The fourth-order valence-electron chi connectivity index (χ4n) is 3.34. The second-order valence-electron chi connectivity index (χ2n) is 6.48. The van der Waals surface area contributed by atoms with Crippen LogP contribution < -0.4 is 5.32 Å². The van der Waals surface area contributed by atoms with E-state index < -0.39 is 0 Å². The molecule has 0 aromatic heterocycles. The normalized spacial score (nSPS) is 23.6. The van der Waals surface area contributed by atoms with Crippen LogP contribution in [0.1, 0.15) is 30.5 Å². The lowest BCUT2D eigenvalue weighted by Crippen LogP contribution is -2.52. The van der Waals surface area contributed by atoms with Gasteiger partial charge in [0.2, 0.25) is 0 Å². The number of aliphatic hydroxyl groups excluding tert-OH is 1. The molecule has 3 nitrogen and oxygen atoms in total. The van der Waals surface area contributed by atoms with Crippen molar-refractivity contribution in [2.75, 3.05) is 13.1 Å². The largest absolute Gasteiger partial charge is 0.390 e. The van der Waals surface area contributed by atoms with E-state index in [1.54, 1.807) is 0 Å². The summed E-state index contributed by atoms with van der Waals surface area (Å²) in [7, 11) is 0. The zero-order valence-electron chi connectivity index (χ0n) is 13.7. The first-order valence-corrected chi connectivity index (χ1v) is 8.48. The Morgan fingerprint density at radius 3 is 2.39 bits per heavy atom. The number of piperidine rings is 1. The number of hydrogen-bond acceptors (Lipinski definition) is 3. The molecule has 1 saturated heterocycles. The van der Waals surface area contributed by atoms with Gasteiger partial charge in [-0.25, -0.2) is 0 Å². The molecule has 0 saturated carbocycles. The number of hydrogen-bond donors (Lipinski definition) is 2. The van der Waals surface area contributed by atoms with Crippen LogP contribution in [0.5, 0.6) is 0 Å². The Balaban J connectivity index is 1.52. The third-order valence-electron chi connectivity index (χ3n) is 4.68. The standard InChI is InChI=1S/C20H26N2O/c1-16(18-10-6-3-7-11-18)21-19-12-13-22(15-20(19)23)14-17-8-4-2-5-9-17/h2-11,16,19-21,23H,12-15H2,1H3/t16?,19-,20-/m1/s1. The first-order chi connectivity index (χ1) is 11.2. The van der Waals surface area contributed by atoms with Gasteiger partial charge in [0, 0.05) is 31.7 Å². The van der Waals surface area contributed by atoms with Gasteiger partial charge in [0.05, 0.1) is 6.10 Å². The zero-order valence-corrected chi connectivity index (χ0v) is 13.7. The van der Waals surface area contributed by atoms with E-state index in [4.69, 9.17) is 0 Å². The summed E-state index contributed by atoms with van der Waals surface area (Å²) in [5.41, 5.74) is 2.58. The smallest absolute Gasteiger partial charge is 0.0820 e. The molecule has 23 heavy (non-hydrogen) atoms. The minimum Gasteiger partial charge on any atom is -0.390 e. The second-order valence-corrected chi connectivity index (χ2v) is 6.48. The van der Waals surface area contributed by atoms with Crippen molar-refractivity contribution < 1.29 is 5.11 Å². The number of nitrogens with one attached hydrogen (secondary N) is 1. The molecule has 1 aliphatic rings. The van der Waals surface area contributed by atoms with Gasteiger partial charge in [-0.3, -0.25) is 4.90 Å². The van der Waals surface area contributed by atoms with Gasteiger partial charge in [-0.2, -0.15) is 0 Å². The fraction of sp³-hybridized carbons (Fsp3) is 0.400. The van der Waals surface area contributed by atoms with Crippen molar-refractivity contribution in [2.45, 2.75) is 38.1 Å². The summed E-state index contributed by atoms with van der Waals surface area (Å²) in [6.45, 7) is 4.83. The molecule has 3 heteroatoms. The molecule has 3 rings (SSSR count). The van der Waals surface area contributed by atoms with Crippen LogP contribution >= 0.6 is 0 Å². The quantitative estimate of drug-likeness (QED) is 0.891. The van der Waals surface area contributed by atoms with Crippen LogP contribution in [0.15, 0.2) is 60.7 Å². The first-order valence-electron chi connectivity index (χ1n) is 8.48. The molecule has 122 valence electrons. The molecule has 3 atom stereocenters. The number of likely N-dealkylation sites (tertiary alicyclic amines) is 1. The molecule has 1 aliphatic heterocycles. The van der Waals surface area contributed by atoms with Crippen molar-refractivity contribution in [3.05, 3.63) is 71.8 Å². The maximum atomic E-state index is 10.5. The molecule has 0 bridgehead atoms. The van der Waals surface area contributed by atoms with Gasteiger partial charge in [-0.05, 0) is 24.5 Å². The molecule has 2 aromatic carbocycles. The SMILES string of the molecule is CC(N[C@@H]1CCN(Cc2ccccc2)C[C@H]1O)c1ccccc1. The van der Waals surface area contributed by atoms with Crippen molar-refractivity contribution >= 4 is 0 Å². The molecule has 2 aromatic rings. The predicted molar refractivity (Wildman–Crippen MR) is 94.1 cm³/mol. The third kappa shape index (κ3) is 4.41. The second kappa shape index (κ2) is 7.73. The Hall–Kier alpha value is -1.68. The lowest BCUT2D eigenvalue weighted by atomic mass is 9.98. The van der Waals surface area contributed by atoms with Gasteiger partial charge < -0.3 is 10.4 Å². The number of aliphatic hydroxyl groups is 1. The summed E-state index contributed by atoms with van der Waals surface area (Å²) in [5, 5.41) is 14.1. The van der Waals surface area contributed by atoms with Gasteiger partial charge in [-0.1, -0.05) is 60.7 Å². The van der Waals surface area contributed by atoms with E-state index in [1.807, 2.05) is 12.1 Å². The zero-order chi connectivity index (χ0) is 16.1. The summed E-state index contributed by atoms with van der Waals surface area (Å²) in [6.07, 6.45) is 0.657. The Bertz CT molecular complexity index is 587. The number of rotatable bonds is 5. The van der Waals surface area contributed by atoms with E-state index in [0.717, 1.165) is 26.1 Å². The van der Waals surface area contributed by atoms with Crippen LogP contribution in [-0.2, 0) is 6.54 Å². The Kier molecular flexibility index (Phi) is 5.44.